The van der Waals surface area contributed by atoms with Crippen LogP contribution in [0.4, 0.5) is 10.7 Å². The Kier molecular flexibility index (Phi) is 5.03. The number of nitrogens with zero attached hydrogens (tertiary/aromatic N) is 3. The molecule has 156 valence electrons. The summed E-state index contributed by atoms with van der Waals surface area (Å²) in [5.74, 6) is 1.98. The maximum atomic E-state index is 12.9. The number of aromatic nitrogens is 2. The predicted molar refractivity (Wildman–Crippen MR) is 114 cm³/mol. The molecule has 3 atom stereocenters. The minimum Gasteiger partial charge on any atom is -0.446 e. The van der Waals surface area contributed by atoms with E-state index in [4.69, 9.17) is 4.74 Å². The Balaban J connectivity index is 1.20. The Morgan fingerprint density at radius 3 is 2.59 bits per heavy atom. The minimum absolute atomic E-state index is 0.0429. The molecule has 1 aromatic rings. The number of hydrogen-bond acceptors (Lipinski definition) is 6. The number of carbonyl (C=O) groups is 2. The molecular weight excluding hydrogens is 485 g/mol. The summed E-state index contributed by atoms with van der Waals surface area (Å²) in [6.07, 6.45) is 8.86. The van der Waals surface area contributed by atoms with E-state index in [1.807, 2.05) is 22.9 Å². The number of nitrogens with one attached hydrogen (secondary N) is 2. The van der Waals surface area contributed by atoms with Gasteiger partial charge in [-0.05, 0) is 62.3 Å². The van der Waals surface area contributed by atoms with Gasteiger partial charge in [0.15, 0.2) is 0 Å². The lowest BCUT2D eigenvalue weighted by Crippen LogP contribution is -2.59. The zero-order chi connectivity index (χ0) is 20.0. The van der Waals surface area contributed by atoms with Crippen molar-refractivity contribution < 1.29 is 14.3 Å². The molecule has 2 amide bonds. The van der Waals surface area contributed by atoms with Gasteiger partial charge in [-0.2, -0.15) is 0 Å². The van der Waals surface area contributed by atoms with Crippen LogP contribution in [0.1, 0.15) is 38.5 Å². The van der Waals surface area contributed by atoms with Gasteiger partial charge >= 0.3 is 6.09 Å². The van der Waals surface area contributed by atoms with E-state index < -0.39 is 0 Å². The highest BCUT2D eigenvalue weighted by Gasteiger charge is 2.59. The average molecular weight is 511 g/mol. The van der Waals surface area contributed by atoms with Gasteiger partial charge in [0.25, 0.3) is 0 Å². The molecule has 0 radical (unpaired) electrons. The molecule has 5 fully saturated rings. The molecule has 4 aliphatic carbocycles. The first-order valence-electron chi connectivity index (χ1n) is 10.5. The first kappa shape index (κ1) is 19.3. The summed E-state index contributed by atoms with van der Waals surface area (Å²) in [6, 6.07) is 1.92. The fraction of sp³-hybridized carbons (Fsp3) is 0.700. The Bertz CT molecular complexity index is 778. The number of amides is 2. The molecule has 1 aromatic heterocycles. The summed E-state index contributed by atoms with van der Waals surface area (Å²) in [6.45, 7) is 1.28. The van der Waals surface area contributed by atoms with E-state index in [9.17, 15) is 9.59 Å². The first-order chi connectivity index (χ1) is 14.1. The van der Waals surface area contributed by atoms with Gasteiger partial charge in [-0.3, -0.25) is 8.32 Å². The molecule has 1 saturated heterocycles. The molecule has 4 bridgehead atoms. The van der Waals surface area contributed by atoms with Crippen molar-refractivity contribution in [1.82, 2.24) is 18.4 Å². The molecule has 1 aliphatic heterocycles. The van der Waals surface area contributed by atoms with E-state index in [2.05, 4.69) is 18.8 Å². The Hall–Kier alpha value is -1.65. The van der Waals surface area contributed by atoms with Gasteiger partial charge in [0, 0.05) is 31.5 Å². The number of likely N-dealkylation sites (tertiary alicyclic amines) is 1. The number of carbonyl (C=O) groups excluding carboxylic acids is 2. The zero-order valence-corrected chi connectivity index (χ0v) is 18.4. The van der Waals surface area contributed by atoms with Crippen LogP contribution in [0, 0.1) is 23.2 Å². The van der Waals surface area contributed by atoms with Crippen LogP contribution in [0.15, 0.2) is 18.5 Å². The molecule has 2 heterocycles. The van der Waals surface area contributed by atoms with Gasteiger partial charge in [0.2, 0.25) is 11.9 Å². The molecule has 5 aliphatic rings. The first-order valence-corrected chi connectivity index (χ1v) is 11.5. The van der Waals surface area contributed by atoms with Crippen LogP contribution >= 0.6 is 22.9 Å². The Morgan fingerprint density at radius 2 is 1.90 bits per heavy atom. The van der Waals surface area contributed by atoms with Gasteiger partial charge in [0.05, 0.1) is 28.3 Å². The van der Waals surface area contributed by atoms with Crippen LogP contribution < -0.4 is 8.85 Å². The summed E-state index contributed by atoms with van der Waals surface area (Å²) in [7, 11) is 0. The van der Waals surface area contributed by atoms with Crippen LogP contribution in [-0.4, -0.2) is 52.1 Å². The van der Waals surface area contributed by atoms with E-state index in [1.165, 1.54) is 0 Å². The SMILES string of the molecule is O=C(OC1C2CC3CC1CC(C(=O)NI)(C3)C2)N1CCC(Nc2ncccn2)C1. The summed E-state index contributed by atoms with van der Waals surface area (Å²) < 4.78 is 8.91. The zero-order valence-electron chi connectivity index (χ0n) is 16.2. The fourth-order valence-corrected chi connectivity index (χ4v) is 6.91. The lowest BCUT2D eigenvalue weighted by atomic mass is 9.48. The molecule has 9 heteroatoms. The van der Waals surface area contributed by atoms with Gasteiger partial charge in [-0.25, -0.2) is 14.8 Å². The standard InChI is InChI=1S/C20H26IN5O3/c21-25-17(27)20-8-12-6-13(9-20)16(14(7-12)10-20)29-19(28)26-5-2-15(11-26)24-18-22-3-1-4-23-18/h1,3-4,12-16H,2,5-11H2,(H,25,27)(H,22,23,24). The average Bonchev–Trinajstić information content (AvgIpc) is 3.19. The van der Waals surface area contributed by atoms with Crippen molar-refractivity contribution in [2.45, 2.75) is 50.7 Å². The third-order valence-corrected chi connectivity index (χ3v) is 7.83. The molecule has 4 saturated carbocycles. The van der Waals surface area contributed by atoms with Crippen LogP contribution in [0.3, 0.4) is 0 Å². The third-order valence-electron chi connectivity index (χ3n) is 7.34. The van der Waals surface area contributed by atoms with Crippen molar-refractivity contribution >= 4 is 40.8 Å². The molecule has 29 heavy (non-hydrogen) atoms. The highest BCUT2D eigenvalue weighted by molar-refractivity contribution is 14.1. The molecule has 0 aromatic carbocycles. The number of hydrogen-bond donors (Lipinski definition) is 2. The second-order valence-corrected chi connectivity index (χ2v) is 9.71. The molecule has 6 rings (SSSR count). The van der Waals surface area contributed by atoms with Crippen molar-refractivity contribution in [2.75, 3.05) is 18.4 Å². The van der Waals surface area contributed by atoms with E-state index in [-0.39, 0.29) is 29.6 Å². The topological polar surface area (TPSA) is 96.5 Å². The van der Waals surface area contributed by atoms with Crippen LogP contribution in [0.2, 0.25) is 0 Å². The summed E-state index contributed by atoms with van der Waals surface area (Å²) in [5.41, 5.74) is -0.237. The maximum absolute atomic E-state index is 12.9. The third kappa shape index (κ3) is 3.55. The summed E-state index contributed by atoms with van der Waals surface area (Å²) >= 11 is 1.96. The van der Waals surface area contributed by atoms with Crippen LogP contribution in [0.5, 0.6) is 0 Å². The highest BCUT2D eigenvalue weighted by atomic mass is 127. The smallest absolute Gasteiger partial charge is 0.410 e. The maximum Gasteiger partial charge on any atom is 0.410 e. The largest absolute Gasteiger partial charge is 0.446 e. The van der Waals surface area contributed by atoms with Crippen LogP contribution in [0.25, 0.3) is 0 Å². The lowest BCUT2D eigenvalue weighted by Gasteiger charge is -2.58. The number of halogens is 1. The monoisotopic (exact) mass is 511 g/mol. The Morgan fingerprint density at radius 1 is 1.17 bits per heavy atom. The Labute approximate surface area is 184 Å². The number of anilines is 1. The van der Waals surface area contributed by atoms with E-state index in [0.29, 0.717) is 36.8 Å². The number of ether oxygens (including phenoxy) is 1. The molecule has 3 unspecified atom stereocenters. The van der Waals surface area contributed by atoms with Gasteiger partial charge in [0.1, 0.15) is 6.10 Å². The summed E-state index contributed by atoms with van der Waals surface area (Å²) in [4.78, 5) is 35.6. The van der Waals surface area contributed by atoms with Crippen LogP contribution in [-0.2, 0) is 9.53 Å². The molecule has 0 spiro atoms. The quantitative estimate of drug-likeness (QED) is 0.477. The molecule has 2 N–H and O–H groups in total. The molecular formula is C20H26IN5O3. The van der Waals surface area contributed by atoms with Crippen molar-refractivity contribution in [1.29, 1.82) is 0 Å². The van der Waals surface area contributed by atoms with E-state index >= 15 is 0 Å². The molecule has 8 nitrogen and oxygen atoms in total. The highest BCUT2D eigenvalue weighted by Crippen LogP contribution is 2.61. The van der Waals surface area contributed by atoms with Crippen molar-refractivity contribution in [3.63, 3.8) is 0 Å². The van der Waals surface area contributed by atoms with E-state index in [1.54, 1.807) is 23.4 Å². The number of rotatable bonds is 4. The van der Waals surface area contributed by atoms with Crippen molar-refractivity contribution in [3.05, 3.63) is 18.5 Å². The van der Waals surface area contributed by atoms with Crippen molar-refractivity contribution in [2.24, 2.45) is 23.2 Å². The normalized spacial score (nSPS) is 37.4. The van der Waals surface area contributed by atoms with Gasteiger partial charge < -0.3 is 15.0 Å². The minimum atomic E-state index is -0.237. The lowest BCUT2D eigenvalue weighted by molar-refractivity contribution is -0.162. The van der Waals surface area contributed by atoms with E-state index in [0.717, 1.165) is 38.5 Å². The second-order valence-electron chi connectivity index (χ2n) is 9.17. The van der Waals surface area contributed by atoms with Gasteiger partial charge in [-0.1, -0.05) is 0 Å². The predicted octanol–water partition coefficient (Wildman–Crippen LogP) is 2.76. The fourth-order valence-electron chi connectivity index (χ4n) is 6.34. The second kappa shape index (κ2) is 7.55. The van der Waals surface area contributed by atoms with Gasteiger partial charge in [-0.15, -0.1) is 0 Å². The van der Waals surface area contributed by atoms with Crippen molar-refractivity contribution in [3.8, 4) is 0 Å². The summed E-state index contributed by atoms with van der Waals surface area (Å²) in [5, 5.41) is 3.29.